The summed E-state index contributed by atoms with van der Waals surface area (Å²) in [6, 6.07) is 0. The molecule has 0 bridgehead atoms. The van der Waals surface area contributed by atoms with E-state index in [0.717, 1.165) is 122 Å². The molecule has 1 unspecified atom stereocenters. The molecule has 0 aromatic carbocycles. The van der Waals surface area contributed by atoms with E-state index in [2.05, 4.69) is 167 Å². The van der Waals surface area contributed by atoms with Gasteiger partial charge in [0, 0.05) is 19.3 Å². The summed E-state index contributed by atoms with van der Waals surface area (Å²) in [5.74, 6) is -0.989. The molecule has 0 rings (SSSR count). The number of rotatable bonds is 57. The Balaban J connectivity index is 4.43. The summed E-state index contributed by atoms with van der Waals surface area (Å²) in [6.07, 6.45) is 94.3. The molecule has 0 amide bonds. The largest absolute Gasteiger partial charge is 0.462 e. The second-order valence-corrected chi connectivity index (χ2v) is 20.9. The molecule has 0 spiro atoms. The van der Waals surface area contributed by atoms with Gasteiger partial charge in [-0.25, -0.2) is 0 Å². The van der Waals surface area contributed by atoms with Crippen molar-refractivity contribution in [2.24, 2.45) is 0 Å². The molecule has 0 aliphatic carbocycles. The van der Waals surface area contributed by atoms with Crippen LogP contribution in [0.3, 0.4) is 0 Å². The minimum atomic E-state index is -0.821. The lowest BCUT2D eigenvalue weighted by molar-refractivity contribution is -0.167. The van der Waals surface area contributed by atoms with E-state index < -0.39 is 6.10 Å². The molecule has 6 heteroatoms. The summed E-state index contributed by atoms with van der Waals surface area (Å²) in [5, 5.41) is 0. The fourth-order valence-corrected chi connectivity index (χ4v) is 8.53. The number of ether oxygens (including phenoxy) is 3. The van der Waals surface area contributed by atoms with E-state index in [1.807, 2.05) is 0 Å². The molecule has 0 aromatic heterocycles. The van der Waals surface area contributed by atoms with E-state index in [1.165, 1.54) is 103 Å². The molecule has 0 heterocycles. The summed E-state index contributed by atoms with van der Waals surface area (Å²) < 4.78 is 16.9. The highest BCUT2D eigenvalue weighted by Gasteiger charge is 2.19. The number of hydrogen-bond acceptors (Lipinski definition) is 6. The molecule has 0 radical (unpaired) electrons. The van der Waals surface area contributed by atoms with Crippen molar-refractivity contribution in [2.75, 3.05) is 13.2 Å². The van der Waals surface area contributed by atoms with Crippen molar-refractivity contribution >= 4 is 17.9 Å². The molecule has 446 valence electrons. The summed E-state index contributed by atoms with van der Waals surface area (Å²) in [4.78, 5) is 38.3. The second kappa shape index (κ2) is 65.8. The average Bonchev–Trinajstić information content (AvgIpc) is 3.45. The monoisotopic (exact) mass is 1090 g/mol. The Morgan fingerprint density at radius 1 is 0.266 bits per heavy atom. The lowest BCUT2D eigenvalue weighted by Gasteiger charge is -2.18. The highest BCUT2D eigenvalue weighted by atomic mass is 16.6. The fraction of sp³-hybridized carbons (Fsp3) is 0.630. The molecular formula is C73H118O6. The predicted molar refractivity (Wildman–Crippen MR) is 343 cm³/mol. The Bertz CT molecular complexity index is 1730. The van der Waals surface area contributed by atoms with Crippen LogP contribution in [-0.4, -0.2) is 37.2 Å². The Hall–Kier alpha value is -4.71. The van der Waals surface area contributed by atoms with Gasteiger partial charge in [0.05, 0.1) is 0 Å². The van der Waals surface area contributed by atoms with Gasteiger partial charge < -0.3 is 14.2 Å². The van der Waals surface area contributed by atoms with E-state index in [-0.39, 0.29) is 37.5 Å². The number of allylic oxidation sites excluding steroid dienone is 24. The first-order valence-corrected chi connectivity index (χ1v) is 32.3. The van der Waals surface area contributed by atoms with E-state index in [4.69, 9.17) is 14.2 Å². The van der Waals surface area contributed by atoms with Crippen LogP contribution in [0.5, 0.6) is 0 Å². The molecule has 0 saturated heterocycles. The van der Waals surface area contributed by atoms with Crippen molar-refractivity contribution in [3.05, 3.63) is 146 Å². The van der Waals surface area contributed by atoms with Crippen molar-refractivity contribution < 1.29 is 28.6 Å². The first kappa shape index (κ1) is 74.3. The molecule has 6 nitrogen and oxygen atoms in total. The van der Waals surface area contributed by atoms with Crippen molar-refractivity contribution in [3.8, 4) is 0 Å². The van der Waals surface area contributed by atoms with Gasteiger partial charge in [-0.15, -0.1) is 0 Å². The average molecular weight is 1090 g/mol. The molecule has 0 aliphatic heterocycles. The first-order chi connectivity index (χ1) is 39.0. The SMILES string of the molecule is CC/C=C\C/C=C\C/C=C\C/C=C\C/C=C\CCCCCC(=O)OC(COC(=O)CCCC/C=C\C/C=C\C/C=C\C/C=C\CC)COC(=O)CCCCCCCCCCCCCC/C=C\C/C=C\C/C=C\CCCCCCC. The van der Waals surface area contributed by atoms with Crippen molar-refractivity contribution in [2.45, 2.75) is 284 Å². The van der Waals surface area contributed by atoms with Gasteiger partial charge in [0.1, 0.15) is 13.2 Å². The minimum absolute atomic E-state index is 0.111. The Kier molecular flexibility index (Phi) is 61.9. The van der Waals surface area contributed by atoms with Crippen molar-refractivity contribution in [3.63, 3.8) is 0 Å². The molecule has 0 fully saturated rings. The second-order valence-electron chi connectivity index (χ2n) is 20.9. The third kappa shape index (κ3) is 64.0. The van der Waals surface area contributed by atoms with Crippen LogP contribution in [-0.2, 0) is 28.6 Å². The standard InChI is InChI=1S/C73H118O6/c1-4-7-10-13-16-19-22-25-28-30-32-33-34-35-36-37-38-39-41-42-45-48-51-54-57-60-63-66-72(75)78-69-70(68-77-71(74)65-62-59-56-53-50-47-44-27-24-21-18-15-12-9-6-3)79-73(76)67-64-61-58-55-52-49-46-43-40-31-29-26-23-20-17-14-11-8-5-2/h8-9,11-12,17-18,20-22,25-27,29-30,32,34-35,40,43-44,49-50,52-53,70H,4-7,10,13-16,19,23-24,28,31,33,36-39,41-42,45-48,51,54-69H2,1-3H3/b11-8-,12-9-,20-17-,21-18-,25-22-,29-26-,32-30-,35-34-,43-40-,44-27-,52-49-,53-50-. The fourth-order valence-electron chi connectivity index (χ4n) is 8.53. The van der Waals surface area contributed by atoms with Gasteiger partial charge in [0.2, 0.25) is 0 Å². The Labute approximate surface area is 487 Å². The quantitative estimate of drug-likeness (QED) is 0.0261. The maximum absolute atomic E-state index is 12.9. The molecule has 79 heavy (non-hydrogen) atoms. The van der Waals surface area contributed by atoms with Crippen molar-refractivity contribution in [1.82, 2.24) is 0 Å². The van der Waals surface area contributed by atoms with Crippen LogP contribution < -0.4 is 0 Å². The highest BCUT2D eigenvalue weighted by molar-refractivity contribution is 5.71. The van der Waals surface area contributed by atoms with Crippen LogP contribution in [0.2, 0.25) is 0 Å². The minimum Gasteiger partial charge on any atom is -0.462 e. The van der Waals surface area contributed by atoms with E-state index >= 15 is 0 Å². The zero-order valence-electron chi connectivity index (χ0n) is 51.1. The van der Waals surface area contributed by atoms with Crippen LogP contribution in [0, 0.1) is 0 Å². The lowest BCUT2D eigenvalue weighted by Crippen LogP contribution is -2.30. The summed E-state index contributed by atoms with van der Waals surface area (Å²) >= 11 is 0. The molecular weight excluding hydrogens is 973 g/mol. The third-order valence-corrected chi connectivity index (χ3v) is 13.3. The van der Waals surface area contributed by atoms with E-state index in [0.29, 0.717) is 25.7 Å². The van der Waals surface area contributed by atoms with Gasteiger partial charge in [-0.05, 0) is 141 Å². The summed E-state index contributed by atoms with van der Waals surface area (Å²) in [7, 11) is 0. The number of hydrogen-bond donors (Lipinski definition) is 0. The number of esters is 3. The van der Waals surface area contributed by atoms with E-state index in [9.17, 15) is 14.4 Å². The lowest BCUT2D eigenvalue weighted by atomic mass is 10.0. The molecule has 0 aromatic rings. The summed E-state index contributed by atoms with van der Waals surface area (Å²) in [5.41, 5.74) is 0. The first-order valence-electron chi connectivity index (χ1n) is 32.3. The smallest absolute Gasteiger partial charge is 0.306 e. The van der Waals surface area contributed by atoms with Crippen LogP contribution in [0.1, 0.15) is 278 Å². The van der Waals surface area contributed by atoms with E-state index in [1.54, 1.807) is 0 Å². The summed E-state index contributed by atoms with van der Waals surface area (Å²) in [6.45, 7) is 6.34. The van der Waals surface area contributed by atoms with Crippen LogP contribution in [0.15, 0.2) is 146 Å². The maximum Gasteiger partial charge on any atom is 0.306 e. The number of unbranched alkanes of at least 4 members (excludes halogenated alkanes) is 22. The van der Waals surface area contributed by atoms with Crippen LogP contribution >= 0.6 is 0 Å². The molecule has 0 N–H and O–H groups in total. The Morgan fingerprint density at radius 2 is 0.494 bits per heavy atom. The predicted octanol–water partition coefficient (Wildman–Crippen LogP) is 22.3. The van der Waals surface area contributed by atoms with Crippen molar-refractivity contribution in [1.29, 1.82) is 0 Å². The van der Waals surface area contributed by atoms with Gasteiger partial charge >= 0.3 is 17.9 Å². The normalized spacial score (nSPS) is 13.1. The zero-order valence-corrected chi connectivity index (χ0v) is 51.1. The zero-order chi connectivity index (χ0) is 57.1. The van der Waals surface area contributed by atoms with Gasteiger partial charge in [0.15, 0.2) is 6.10 Å². The maximum atomic E-state index is 12.9. The number of carbonyl (C=O) groups excluding carboxylic acids is 3. The van der Waals surface area contributed by atoms with Crippen LogP contribution in [0.25, 0.3) is 0 Å². The van der Waals surface area contributed by atoms with Crippen LogP contribution in [0.4, 0.5) is 0 Å². The van der Waals surface area contributed by atoms with Gasteiger partial charge in [-0.2, -0.15) is 0 Å². The number of carbonyl (C=O) groups is 3. The topological polar surface area (TPSA) is 78.9 Å². The molecule has 1 atom stereocenters. The molecule has 0 aliphatic rings. The Morgan fingerprint density at radius 3 is 0.810 bits per heavy atom. The molecule has 0 saturated carbocycles. The van der Waals surface area contributed by atoms with Gasteiger partial charge in [0.25, 0.3) is 0 Å². The van der Waals surface area contributed by atoms with Gasteiger partial charge in [-0.1, -0.05) is 263 Å². The highest BCUT2D eigenvalue weighted by Crippen LogP contribution is 2.15. The third-order valence-electron chi connectivity index (χ3n) is 13.3. The van der Waals surface area contributed by atoms with Gasteiger partial charge in [-0.3, -0.25) is 14.4 Å².